The van der Waals surface area contributed by atoms with Crippen molar-refractivity contribution in [1.82, 2.24) is 10.6 Å². The minimum absolute atomic E-state index is 0.104. The zero-order valence-corrected chi connectivity index (χ0v) is 13.4. The first-order chi connectivity index (χ1) is 10.3. The summed E-state index contributed by atoms with van der Waals surface area (Å²) < 4.78 is 22.4. The summed E-state index contributed by atoms with van der Waals surface area (Å²) in [6.07, 6.45) is 0.772. The number of β-amino-alcohol motifs (C(OH)–C–C–N with tert-alkyl or cyclic N) is 1. The van der Waals surface area contributed by atoms with Crippen LogP contribution in [0.2, 0.25) is 0 Å². The third kappa shape index (κ3) is 4.06. The van der Waals surface area contributed by atoms with Gasteiger partial charge >= 0.3 is 0 Å². The Morgan fingerprint density at radius 1 is 1.41 bits per heavy atom. The summed E-state index contributed by atoms with van der Waals surface area (Å²) in [7, 11) is -3.19. The summed E-state index contributed by atoms with van der Waals surface area (Å²) in [5.74, 6) is -0.562. The van der Waals surface area contributed by atoms with Crippen molar-refractivity contribution in [2.45, 2.75) is 24.5 Å². The van der Waals surface area contributed by atoms with Crippen LogP contribution < -0.4 is 10.6 Å². The second kappa shape index (κ2) is 6.76. The van der Waals surface area contributed by atoms with Gasteiger partial charge in [0.25, 0.3) is 0 Å². The minimum atomic E-state index is -3.19. The van der Waals surface area contributed by atoms with Gasteiger partial charge in [0.2, 0.25) is 5.91 Å². The molecule has 1 saturated heterocycles. The third-order valence-electron chi connectivity index (χ3n) is 3.95. The summed E-state index contributed by atoms with van der Waals surface area (Å²) in [5.41, 5.74) is -0.0436. The summed E-state index contributed by atoms with van der Waals surface area (Å²) in [6, 6.07) is 9.32. The lowest BCUT2D eigenvalue weighted by molar-refractivity contribution is -0.125. The maximum absolute atomic E-state index is 12.2. The highest BCUT2D eigenvalue weighted by atomic mass is 32.2. The van der Waals surface area contributed by atoms with Gasteiger partial charge in [-0.15, -0.1) is 0 Å². The van der Waals surface area contributed by atoms with Gasteiger partial charge < -0.3 is 15.7 Å². The van der Waals surface area contributed by atoms with Gasteiger partial charge in [-0.1, -0.05) is 30.3 Å². The Balaban J connectivity index is 2.21. The highest BCUT2D eigenvalue weighted by Gasteiger charge is 2.42. The summed E-state index contributed by atoms with van der Waals surface area (Å²) in [4.78, 5) is 12.2. The Labute approximate surface area is 130 Å². The molecule has 0 saturated carbocycles. The Hall–Kier alpha value is -1.44. The number of hydrogen-bond acceptors (Lipinski definition) is 5. The van der Waals surface area contributed by atoms with Crippen LogP contribution in [0.1, 0.15) is 18.4 Å². The molecule has 0 aliphatic carbocycles. The summed E-state index contributed by atoms with van der Waals surface area (Å²) >= 11 is 0. The molecule has 1 aromatic rings. The van der Waals surface area contributed by atoms with Crippen LogP contribution in [0.3, 0.4) is 0 Å². The molecule has 1 heterocycles. The van der Waals surface area contributed by atoms with E-state index in [0.29, 0.717) is 19.5 Å². The molecule has 6 nitrogen and oxygen atoms in total. The van der Waals surface area contributed by atoms with Gasteiger partial charge in [0, 0.05) is 19.2 Å². The fourth-order valence-electron chi connectivity index (χ4n) is 2.74. The maximum Gasteiger partial charge on any atom is 0.221 e. The first-order valence-corrected chi connectivity index (χ1v) is 9.32. The van der Waals surface area contributed by atoms with Crippen LogP contribution in [0.15, 0.2) is 30.3 Å². The van der Waals surface area contributed by atoms with Crippen molar-refractivity contribution in [2.24, 2.45) is 0 Å². The van der Waals surface area contributed by atoms with Crippen molar-refractivity contribution in [1.29, 1.82) is 0 Å². The molecule has 3 N–H and O–H groups in total. The van der Waals surface area contributed by atoms with Gasteiger partial charge in [0.1, 0.15) is 9.84 Å². The Morgan fingerprint density at radius 2 is 2.09 bits per heavy atom. The van der Waals surface area contributed by atoms with E-state index in [1.54, 1.807) is 0 Å². The first-order valence-electron chi connectivity index (χ1n) is 7.26. The van der Waals surface area contributed by atoms with Gasteiger partial charge in [0.15, 0.2) is 0 Å². The number of piperidine rings is 1. The molecule has 0 bridgehead atoms. The number of aliphatic hydroxyl groups excluding tert-OH is 1. The van der Waals surface area contributed by atoms with Crippen molar-refractivity contribution < 1.29 is 18.3 Å². The lowest BCUT2D eigenvalue weighted by atomic mass is 9.79. The number of nitrogens with one attached hydrogen (secondary N) is 2. The SMILES string of the molecule is CS(=O)(=O)CCC(=O)N[C@@]1(c2ccccc2)CCNC[C@H]1O. The molecule has 1 aliphatic rings. The van der Waals surface area contributed by atoms with Gasteiger partial charge in [-0.3, -0.25) is 4.79 Å². The second-order valence-corrected chi connectivity index (χ2v) is 8.00. The monoisotopic (exact) mass is 326 g/mol. The molecule has 0 unspecified atom stereocenters. The van der Waals surface area contributed by atoms with Gasteiger partial charge in [-0.25, -0.2) is 8.42 Å². The molecular formula is C15H22N2O4S. The van der Waals surface area contributed by atoms with E-state index in [2.05, 4.69) is 10.6 Å². The van der Waals surface area contributed by atoms with Crippen molar-refractivity contribution in [2.75, 3.05) is 25.1 Å². The molecule has 0 aromatic heterocycles. The molecule has 22 heavy (non-hydrogen) atoms. The molecule has 2 atom stereocenters. The molecule has 1 fully saturated rings. The maximum atomic E-state index is 12.2. The summed E-state index contributed by atoms with van der Waals surface area (Å²) in [5, 5.41) is 16.4. The molecule has 0 spiro atoms. The number of benzene rings is 1. The molecule has 1 amide bonds. The number of amides is 1. The zero-order valence-electron chi connectivity index (χ0n) is 12.6. The van der Waals surface area contributed by atoms with Crippen molar-refractivity contribution >= 4 is 15.7 Å². The van der Waals surface area contributed by atoms with E-state index in [0.717, 1.165) is 11.8 Å². The van der Waals surface area contributed by atoms with E-state index in [4.69, 9.17) is 0 Å². The van der Waals surface area contributed by atoms with Crippen LogP contribution in [0.25, 0.3) is 0 Å². The van der Waals surface area contributed by atoms with Crippen LogP contribution in [0.5, 0.6) is 0 Å². The van der Waals surface area contributed by atoms with Crippen molar-refractivity contribution in [3.63, 3.8) is 0 Å². The minimum Gasteiger partial charge on any atom is -0.389 e. The topological polar surface area (TPSA) is 95.5 Å². The van der Waals surface area contributed by atoms with E-state index in [1.165, 1.54) is 0 Å². The Bertz CT molecular complexity index is 618. The van der Waals surface area contributed by atoms with Gasteiger partial charge in [0.05, 0.1) is 17.4 Å². The molecule has 2 rings (SSSR count). The van der Waals surface area contributed by atoms with Crippen LogP contribution in [0.4, 0.5) is 0 Å². The normalized spacial score (nSPS) is 25.6. The van der Waals surface area contributed by atoms with Gasteiger partial charge in [-0.05, 0) is 18.5 Å². The number of aliphatic hydroxyl groups is 1. The van der Waals surface area contributed by atoms with Crippen LogP contribution in [-0.4, -0.2) is 50.6 Å². The fourth-order valence-corrected chi connectivity index (χ4v) is 3.30. The smallest absolute Gasteiger partial charge is 0.221 e. The highest BCUT2D eigenvalue weighted by molar-refractivity contribution is 7.90. The lowest BCUT2D eigenvalue weighted by Gasteiger charge is -2.43. The fraction of sp³-hybridized carbons (Fsp3) is 0.533. The number of hydrogen-bond donors (Lipinski definition) is 3. The largest absolute Gasteiger partial charge is 0.389 e. The molecule has 1 aromatic carbocycles. The van der Waals surface area contributed by atoms with Crippen LogP contribution in [-0.2, 0) is 20.2 Å². The quantitative estimate of drug-likeness (QED) is 0.696. The molecule has 1 aliphatic heterocycles. The molecular weight excluding hydrogens is 304 g/mol. The van der Waals surface area contributed by atoms with E-state index in [1.807, 2.05) is 30.3 Å². The average molecular weight is 326 g/mol. The van der Waals surface area contributed by atoms with E-state index < -0.39 is 21.5 Å². The first kappa shape index (κ1) is 16.9. The Kier molecular flexibility index (Phi) is 5.20. The third-order valence-corrected chi connectivity index (χ3v) is 4.90. The van der Waals surface area contributed by atoms with Crippen molar-refractivity contribution in [3.05, 3.63) is 35.9 Å². The lowest BCUT2D eigenvalue weighted by Crippen LogP contribution is -2.61. The number of carbonyl (C=O) groups is 1. The zero-order chi connectivity index (χ0) is 16.2. The van der Waals surface area contributed by atoms with E-state index in [-0.39, 0.29) is 18.1 Å². The highest BCUT2D eigenvalue weighted by Crippen LogP contribution is 2.31. The van der Waals surface area contributed by atoms with Crippen molar-refractivity contribution in [3.8, 4) is 0 Å². The second-order valence-electron chi connectivity index (χ2n) is 5.74. The summed E-state index contributed by atoms with van der Waals surface area (Å²) in [6.45, 7) is 1.04. The number of rotatable bonds is 5. The van der Waals surface area contributed by atoms with Gasteiger partial charge in [-0.2, -0.15) is 0 Å². The standard InChI is InChI=1S/C15H22N2O4S/c1-22(20,21)10-7-14(19)17-15(8-9-16-11-13(15)18)12-5-3-2-4-6-12/h2-6,13,16,18H,7-11H2,1H3,(H,17,19)/t13-,15-/m1/s1. The van der Waals surface area contributed by atoms with E-state index in [9.17, 15) is 18.3 Å². The molecule has 7 heteroatoms. The van der Waals surface area contributed by atoms with Crippen LogP contribution >= 0.6 is 0 Å². The molecule has 122 valence electrons. The Morgan fingerprint density at radius 3 is 2.68 bits per heavy atom. The van der Waals surface area contributed by atoms with E-state index >= 15 is 0 Å². The van der Waals surface area contributed by atoms with Crippen LogP contribution in [0, 0.1) is 0 Å². The number of carbonyl (C=O) groups excluding carboxylic acids is 1. The molecule has 0 radical (unpaired) electrons. The predicted octanol–water partition coefficient (Wildman–Crippen LogP) is -0.213. The average Bonchev–Trinajstić information content (AvgIpc) is 2.48. The predicted molar refractivity (Wildman–Crippen MR) is 84.1 cm³/mol. The number of sulfone groups is 1.